The normalized spacial score (nSPS) is 13.0. The van der Waals surface area contributed by atoms with Crippen molar-refractivity contribution in [2.75, 3.05) is 0 Å². The van der Waals surface area contributed by atoms with Crippen molar-refractivity contribution in [2.45, 2.75) is 58.8 Å². The molecule has 0 spiro atoms. The number of aliphatic hydroxyl groups excluding tert-OH is 1. The Morgan fingerprint density at radius 2 is 1.68 bits per heavy atom. The van der Waals surface area contributed by atoms with E-state index in [4.69, 9.17) is 10.5 Å². The molecule has 25 heavy (non-hydrogen) atoms. The minimum absolute atomic E-state index is 0. The summed E-state index contributed by atoms with van der Waals surface area (Å²) in [6, 6.07) is 13.9. The number of aliphatic hydroxyl groups is 1. The number of hydrogen-bond donors (Lipinski definition) is 2. The first kappa shape index (κ1) is 21.5. The fourth-order valence-electron chi connectivity index (χ4n) is 2.95. The second kappa shape index (κ2) is 10.4. The number of nitrogens with two attached hydrogens (primary N) is 1. The molecule has 3 N–H and O–H groups in total. The van der Waals surface area contributed by atoms with Crippen LogP contribution in [0.15, 0.2) is 42.5 Å². The average Bonchev–Trinajstić information content (AvgIpc) is 2.59. The Balaban J connectivity index is 0.00000312. The second-order valence-corrected chi connectivity index (χ2v) is 6.49. The van der Waals surface area contributed by atoms with E-state index in [1.54, 1.807) is 0 Å². The zero-order chi connectivity index (χ0) is 17.5. The maximum atomic E-state index is 10.2. The van der Waals surface area contributed by atoms with Gasteiger partial charge >= 0.3 is 0 Å². The van der Waals surface area contributed by atoms with Crippen molar-refractivity contribution >= 4 is 12.4 Å². The van der Waals surface area contributed by atoms with Crippen LogP contribution in [0.1, 0.15) is 54.5 Å². The van der Waals surface area contributed by atoms with Gasteiger partial charge in [0.25, 0.3) is 0 Å². The highest BCUT2D eigenvalue weighted by atomic mass is 35.5. The van der Waals surface area contributed by atoms with E-state index in [9.17, 15) is 5.11 Å². The Bertz CT molecular complexity index is 623. The summed E-state index contributed by atoms with van der Waals surface area (Å²) in [5.74, 6) is 0.901. The number of unbranched alkanes of at least 4 members (excludes halogenated alkanes) is 1. The van der Waals surface area contributed by atoms with Gasteiger partial charge in [-0.05, 0) is 42.5 Å². The first-order chi connectivity index (χ1) is 11.5. The fraction of sp³-hybridized carbons (Fsp3) is 0.429. The van der Waals surface area contributed by atoms with Gasteiger partial charge in [0.05, 0.1) is 12.1 Å². The lowest BCUT2D eigenvalue weighted by molar-refractivity contribution is 0.132. The molecule has 138 valence electrons. The molecule has 0 heterocycles. The largest absolute Gasteiger partial charge is 0.488 e. The van der Waals surface area contributed by atoms with Crippen LogP contribution in [0, 0.1) is 13.8 Å². The molecule has 0 aromatic heterocycles. The van der Waals surface area contributed by atoms with Crippen molar-refractivity contribution in [1.82, 2.24) is 0 Å². The summed E-state index contributed by atoms with van der Waals surface area (Å²) in [6.45, 7) is 6.72. The molecule has 0 radical (unpaired) electrons. The predicted molar refractivity (Wildman–Crippen MR) is 106 cm³/mol. The first-order valence-electron chi connectivity index (χ1n) is 8.74. The van der Waals surface area contributed by atoms with Gasteiger partial charge in [-0.3, -0.25) is 0 Å². The van der Waals surface area contributed by atoms with Crippen molar-refractivity contribution in [3.8, 4) is 5.75 Å². The Morgan fingerprint density at radius 1 is 1.08 bits per heavy atom. The standard InChI is InChI=1S/C21H29NO2.ClH/c1-4-5-11-19(23)20(22)18-12-15(2)21(16(3)13-18)24-14-17-9-7-6-8-10-17;/h6-10,12-13,19-20,23H,4-5,11,14,22H2,1-3H3;1H/t19-,20+;/m1./s1. The molecule has 0 saturated carbocycles. The molecule has 0 bridgehead atoms. The third-order valence-electron chi connectivity index (χ3n) is 4.36. The van der Waals surface area contributed by atoms with Gasteiger partial charge < -0.3 is 15.6 Å². The van der Waals surface area contributed by atoms with E-state index in [1.165, 1.54) is 0 Å². The minimum Gasteiger partial charge on any atom is -0.488 e. The Labute approximate surface area is 157 Å². The van der Waals surface area contributed by atoms with Crippen molar-refractivity contribution in [3.05, 3.63) is 64.7 Å². The molecule has 4 heteroatoms. The molecule has 3 nitrogen and oxygen atoms in total. The van der Waals surface area contributed by atoms with Crippen molar-refractivity contribution in [1.29, 1.82) is 0 Å². The Morgan fingerprint density at radius 3 is 2.24 bits per heavy atom. The number of aryl methyl sites for hydroxylation is 2. The van der Waals surface area contributed by atoms with Gasteiger partial charge in [0.2, 0.25) is 0 Å². The van der Waals surface area contributed by atoms with Crippen LogP contribution in [-0.4, -0.2) is 11.2 Å². The highest BCUT2D eigenvalue weighted by molar-refractivity contribution is 5.85. The average molecular weight is 364 g/mol. The lowest BCUT2D eigenvalue weighted by atomic mass is 9.95. The van der Waals surface area contributed by atoms with E-state index < -0.39 is 6.10 Å². The zero-order valence-corrected chi connectivity index (χ0v) is 16.2. The van der Waals surface area contributed by atoms with Crippen molar-refractivity contribution in [3.63, 3.8) is 0 Å². The lowest BCUT2D eigenvalue weighted by Gasteiger charge is -2.21. The monoisotopic (exact) mass is 363 g/mol. The van der Waals surface area contributed by atoms with Crippen molar-refractivity contribution in [2.24, 2.45) is 5.73 Å². The number of ether oxygens (including phenoxy) is 1. The zero-order valence-electron chi connectivity index (χ0n) is 15.4. The van der Waals surface area contributed by atoms with Gasteiger partial charge in [-0.25, -0.2) is 0 Å². The van der Waals surface area contributed by atoms with Crippen LogP contribution in [-0.2, 0) is 6.61 Å². The SMILES string of the molecule is CCCC[C@@H](O)[C@@H](N)c1cc(C)c(OCc2ccccc2)c(C)c1.Cl. The molecule has 0 saturated heterocycles. The molecular weight excluding hydrogens is 334 g/mol. The van der Waals surface area contributed by atoms with Gasteiger partial charge in [0, 0.05) is 0 Å². The molecule has 0 amide bonds. The van der Waals surface area contributed by atoms with Gasteiger partial charge in [0.1, 0.15) is 12.4 Å². The molecule has 2 aromatic carbocycles. The van der Waals surface area contributed by atoms with Crippen LogP contribution < -0.4 is 10.5 Å². The summed E-state index contributed by atoms with van der Waals surface area (Å²) in [4.78, 5) is 0. The Kier molecular flexibility index (Phi) is 8.98. The van der Waals surface area contributed by atoms with Crippen LogP contribution in [0.25, 0.3) is 0 Å². The molecule has 0 aliphatic heterocycles. The minimum atomic E-state index is -0.500. The fourth-order valence-corrected chi connectivity index (χ4v) is 2.95. The quantitative estimate of drug-likeness (QED) is 0.704. The van der Waals surface area contributed by atoms with Gasteiger partial charge in [-0.1, -0.05) is 62.2 Å². The van der Waals surface area contributed by atoms with Crippen molar-refractivity contribution < 1.29 is 9.84 Å². The van der Waals surface area contributed by atoms with E-state index >= 15 is 0 Å². The molecule has 0 aliphatic rings. The summed E-state index contributed by atoms with van der Waals surface area (Å²) < 4.78 is 6.01. The van der Waals surface area contributed by atoms with Gasteiger partial charge in [0.15, 0.2) is 0 Å². The van der Waals surface area contributed by atoms with Crippen LogP contribution in [0.3, 0.4) is 0 Å². The maximum Gasteiger partial charge on any atom is 0.125 e. The summed E-state index contributed by atoms with van der Waals surface area (Å²) in [5.41, 5.74) is 10.5. The first-order valence-corrected chi connectivity index (χ1v) is 8.74. The number of benzene rings is 2. The van der Waals surface area contributed by atoms with Gasteiger partial charge in [-0.2, -0.15) is 0 Å². The topological polar surface area (TPSA) is 55.5 Å². The van der Waals surface area contributed by atoms with Crippen LogP contribution in [0.4, 0.5) is 0 Å². The maximum absolute atomic E-state index is 10.2. The number of hydrogen-bond acceptors (Lipinski definition) is 3. The number of halogens is 1. The second-order valence-electron chi connectivity index (χ2n) is 6.49. The molecule has 0 aliphatic carbocycles. The molecule has 2 rings (SSSR count). The molecule has 0 fully saturated rings. The molecular formula is C21H30ClNO2. The van der Waals surface area contributed by atoms with Crippen LogP contribution >= 0.6 is 12.4 Å². The Hall–Kier alpha value is -1.55. The van der Waals surface area contributed by atoms with E-state index in [0.717, 1.165) is 47.3 Å². The summed E-state index contributed by atoms with van der Waals surface area (Å²) in [5, 5.41) is 10.2. The summed E-state index contributed by atoms with van der Waals surface area (Å²) in [6.07, 6.45) is 2.29. The third-order valence-corrected chi connectivity index (χ3v) is 4.36. The van der Waals surface area contributed by atoms with Crippen LogP contribution in [0.5, 0.6) is 5.75 Å². The smallest absolute Gasteiger partial charge is 0.125 e. The summed E-state index contributed by atoms with van der Waals surface area (Å²) in [7, 11) is 0. The number of rotatable bonds is 8. The summed E-state index contributed by atoms with van der Waals surface area (Å²) >= 11 is 0. The molecule has 2 atom stereocenters. The lowest BCUT2D eigenvalue weighted by Crippen LogP contribution is -2.26. The third kappa shape index (κ3) is 6.03. The van der Waals surface area contributed by atoms with E-state index in [2.05, 4.69) is 19.1 Å². The van der Waals surface area contributed by atoms with Gasteiger partial charge in [-0.15, -0.1) is 12.4 Å². The molecule has 0 unspecified atom stereocenters. The highest BCUT2D eigenvalue weighted by Gasteiger charge is 2.18. The van der Waals surface area contributed by atoms with Crippen LogP contribution in [0.2, 0.25) is 0 Å². The van der Waals surface area contributed by atoms with E-state index in [0.29, 0.717) is 6.61 Å². The van der Waals surface area contributed by atoms with E-state index in [-0.39, 0.29) is 18.4 Å². The predicted octanol–water partition coefficient (Wildman–Crippen LogP) is 4.86. The molecule has 2 aromatic rings. The highest BCUT2D eigenvalue weighted by Crippen LogP contribution is 2.29. The van der Waals surface area contributed by atoms with E-state index in [1.807, 2.05) is 44.2 Å².